The molecule has 0 amide bonds. The smallest absolute Gasteiger partial charge is 0.278 e. The van der Waals surface area contributed by atoms with Crippen LogP contribution in [0.25, 0.3) is 39.5 Å². The molecule has 8 nitrogen and oxygen atoms in total. The normalized spacial score (nSPS) is 11.5. The Balaban J connectivity index is 1.80. The molecule has 3 aromatic heterocycles. The number of benzene rings is 2. The van der Waals surface area contributed by atoms with Crippen LogP contribution < -0.4 is 5.56 Å². The van der Waals surface area contributed by atoms with E-state index in [0.717, 1.165) is 6.07 Å². The first kappa shape index (κ1) is 20.8. The maximum atomic E-state index is 14.1. The summed E-state index contributed by atoms with van der Waals surface area (Å²) in [5, 5.41) is 13.7. The van der Waals surface area contributed by atoms with Gasteiger partial charge in [-0.2, -0.15) is 10.2 Å². The molecule has 0 saturated heterocycles. The molecule has 0 fully saturated rings. The number of rotatable bonds is 3. The van der Waals surface area contributed by atoms with E-state index < -0.39 is 17.2 Å². The zero-order valence-electron chi connectivity index (χ0n) is 17.2. The molecule has 0 radical (unpaired) electrons. The highest BCUT2D eigenvalue weighted by Gasteiger charge is 2.24. The molecular weight excluding hydrogens is 454 g/mol. The number of nitrogens with zero attached hydrogens (tertiary/aromatic N) is 6. The predicted octanol–water partition coefficient (Wildman–Crippen LogP) is 4.75. The molecule has 0 aliphatic rings. The first-order chi connectivity index (χ1) is 15.8. The summed E-state index contributed by atoms with van der Waals surface area (Å²) in [6.07, 6.45) is 1.41. The largest absolute Gasteiger partial charge is 0.333 e. The number of aromatic nitrogens is 5. The monoisotopic (exact) mass is 466 g/mol. The number of halogens is 3. The van der Waals surface area contributed by atoms with E-state index in [2.05, 4.69) is 21.2 Å². The van der Waals surface area contributed by atoms with Crippen molar-refractivity contribution in [1.82, 2.24) is 24.1 Å². The van der Waals surface area contributed by atoms with Gasteiger partial charge < -0.3 is 9.09 Å². The summed E-state index contributed by atoms with van der Waals surface area (Å²) < 4.78 is 35.5. The summed E-state index contributed by atoms with van der Waals surface area (Å²) in [5.74, 6) is -1.84. The van der Waals surface area contributed by atoms with Crippen LogP contribution in [0.4, 0.5) is 8.78 Å². The molecule has 0 N–H and O–H groups in total. The zero-order chi connectivity index (χ0) is 23.4. The summed E-state index contributed by atoms with van der Waals surface area (Å²) in [6, 6.07) is 7.96. The Bertz CT molecular complexity index is 1680. The van der Waals surface area contributed by atoms with Crippen molar-refractivity contribution in [3.8, 4) is 29.0 Å². The van der Waals surface area contributed by atoms with Crippen molar-refractivity contribution in [1.29, 1.82) is 5.26 Å². The molecule has 0 atom stereocenters. The van der Waals surface area contributed by atoms with Crippen LogP contribution in [0.2, 0.25) is 5.02 Å². The van der Waals surface area contributed by atoms with Crippen molar-refractivity contribution in [2.75, 3.05) is 0 Å². The second kappa shape index (κ2) is 7.50. The van der Waals surface area contributed by atoms with Crippen LogP contribution >= 0.6 is 11.6 Å². The van der Waals surface area contributed by atoms with Gasteiger partial charge in [-0.3, -0.25) is 9.20 Å². The van der Waals surface area contributed by atoms with E-state index in [0.29, 0.717) is 17.1 Å². The average molecular weight is 467 g/mol. The van der Waals surface area contributed by atoms with Gasteiger partial charge in [0.25, 0.3) is 11.4 Å². The minimum absolute atomic E-state index is 0.0440. The second-order valence-electron chi connectivity index (χ2n) is 7.53. The van der Waals surface area contributed by atoms with E-state index in [1.807, 2.05) is 0 Å². The van der Waals surface area contributed by atoms with Crippen LogP contribution in [-0.2, 0) is 0 Å². The highest BCUT2D eigenvalue weighted by molar-refractivity contribution is 6.32. The fourth-order valence-electron chi connectivity index (χ4n) is 3.80. The molecule has 5 aromatic rings. The molecule has 0 spiro atoms. The molecule has 11 heteroatoms. The fourth-order valence-corrected chi connectivity index (χ4v) is 3.99. The first-order valence-electron chi connectivity index (χ1n) is 9.75. The number of fused-ring (bicyclic) bond motifs is 3. The number of nitriles is 1. The molecule has 0 bridgehead atoms. The van der Waals surface area contributed by atoms with Gasteiger partial charge in [0.05, 0.1) is 27.2 Å². The quantitative estimate of drug-likeness (QED) is 0.380. The Kier molecular flexibility index (Phi) is 4.72. The van der Waals surface area contributed by atoms with Crippen molar-refractivity contribution in [3.05, 3.63) is 69.2 Å². The molecular formula is C22H13ClF2N6O2. The van der Waals surface area contributed by atoms with Crippen molar-refractivity contribution < 1.29 is 13.3 Å². The van der Waals surface area contributed by atoms with Crippen LogP contribution in [0, 0.1) is 23.0 Å². The number of hydrogen-bond acceptors (Lipinski definition) is 6. The van der Waals surface area contributed by atoms with Gasteiger partial charge in [0.2, 0.25) is 5.82 Å². The van der Waals surface area contributed by atoms with Gasteiger partial charge in [-0.1, -0.05) is 16.8 Å². The highest BCUT2D eigenvalue weighted by atomic mass is 35.5. The number of hydrogen-bond donors (Lipinski definition) is 0. The summed E-state index contributed by atoms with van der Waals surface area (Å²) in [5.41, 5.74) is 0.817. The topological polar surface area (TPSA) is 102 Å². The fraction of sp³-hybridized carbons (Fsp3) is 0.136. The second-order valence-corrected chi connectivity index (χ2v) is 7.94. The van der Waals surface area contributed by atoms with E-state index in [1.165, 1.54) is 21.4 Å². The molecule has 0 unspecified atom stereocenters. The molecule has 0 saturated carbocycles. The SMILES string of the molecule is CC(C)n1c(=O)c2c(-c3noc(-c4ccc(F)cc4F)n3)ncn2c2ccc(Cl)c(C#N)c21. The lowest BCUT2D eigenvalue weighted by Gasteiger charge is -2.17. The molecule has 2 aromatic carbocycles. The third-order valence-corrected chi connectivity index (χ3v) is 5.54. The van der Waals surface area contributed by atoms with E-state index in [-0.39, 0.29) is 45.1 Å². The molecule has 5 rings (SSSR count). The number of imidazole rings is 1. The van der Waals surface area contributed by atoms with E-state index in [1.54, 1.807) is 26.0 Å². The summed E-state index contributed by atoms with van der Waals surface area (Å²) in [6.45, 7) is 3.61. The molecule has 0 aliphatic heterocycles. The third-order valence-electron chi connectivity index (χ3n) is 5.22. The molecule has 33 heavy (non-hydrogen) atoms. The lowest BCUT2D eigenvalue weighted by molar-refractivity contribution is 0.429. The van der Waals surface area contributed by atoms with E-state index in [9.17, 15) is 18.8 Å². The van der Waals surface area contributed by atoms with Gasteiger partial charge >= 0.3 is 0 Å². The zero-order valence-corrected chi connectivity index (χ0v) is 17.9. The predicted molar refractivity (Wildman–Crippen MR) is 116 cm³/mol. The average Bonchev–Trinajstić information content (AvgIpc) is 3.41. The molecule has 164 valence electrons. The van der Waals surface area contributed by atoms with E-state index >= 15 is 0 Å². The maximum Gasteiger partial charge on any atom is 0.278 e. The Hall–Kier alpha value is -4.10. The van der Waals surface area contributed by atoms with Gasteiger partial charge in [-0.15, -0.1) is 0 Å². The van der Waals surface area contributed by atoms with Crippen LogP contribution in [0.15, 0.2) is 46.0 Å². The van der Waals surface area contributed by atoms with Crippen LogP contribution in [0.5, 0.6) is 0 Å². The lowest BCUT2D eigenvalue weighted by atomic mass is 10.1. The summed E-state index contributed by atoms with van der Waals surface area (Å²) in [4.78, 5) is 22.0. The standard InChI is InChI=1S/C22H13ClF2N6O2/c1-10(2)31-18-13(8-26)14(23)5-6-16(18)30-9-27-17(19(30)22(31)32)20-28-21(33-29-20)12-4-3-11(24)7-15(12)25/h3-7,9-10H,1-2H3. The minimum atomic E-state index is -0.867. The maximum absolute atomic E-state index is 14.1. The van der Waals surface area contributed by atoms with Crippen molar-refractivity contribution in [2.45, 2.75) is 19.9 Å². The van der Waals surface area contributed by atoms with Gasteiger partial charge in [0, 0.05) is 12.1 Å². The van der Waals surface area contributed by atoms with Gasteiger partial charge in [-0.05, 0) is 38.1 Å². The highest BCUT2D eigenvalue weighted by Crippen LogP contribution is 2.30. The Labute approximate surface area is 189 Å². The Morgan fingerprint density at radius 1 is 1.18 bits per heavy atom. The van der Waals surface area contributed by atoms with Crippen LogP contribution in [0.1, 0.15) is 25.5 Å². The molecule has 3 heterocycles. The first-order valence-corrected chi connectivity index (χ1v) is 10.1. The van der Waals surface area contributed by atoms with E-state index in [4.69, 9.17) is 16.1 Å². The third kappa shape index (κ3) is 3.08. The van der Waals surface area contributed by atoms with Crippen LogP contribution in [0.3, 0.4) is 0 Å². The lowest BCUT2D eigenvalue weighted by Crippen LogP contribution is -2.25. The summed E-state index contributed by atoms with van der Waals surface area (Å²) >= 11 is 6.22. The molecule has 0 aliphatic carbocycles. The minimum Gasteiger partial charge on any atom is -0.333 e. The van der Waals surface area contributed by atoms with Crippen molar-refractivity contribution in [2.24, 2.45) is 0 Å². The van der Waals surface area contributed by atoms with Gasteiger partial charge in [0.1, 0.15) is 35.2 Å². The van der Waals surface area contributed by atoms with Crippen molar-refractivity contribution in [3.63, 3.8) is 0 Å². The van der Waals surface area contributed by atoms with Gasteiger partial charge in [-0.25, -0.2) is 13.8 Å². The van der Waals surface area contributed by atoms with Gasteiger partial charge in [0.15, 0.2) is 0 Å². The van der Waals surface area contributed by atoms with Crippen molar-refractivity contribution >= 4 is 28.2 Å². The summed E-state index contributed by atoms with van der Waals surface area (Å²) in [7, 11) is 0. The van der Waals surface area contributed by atoms with Crippen LogP contribution in [-0.4, -0.2) is 24.1 Å². The Morgan fingerprint density at radius 2 is 1.97 bits per heavy atom. The Morgan fingerprint density at radius 3 is 2.67 bits per heavy atom.